The van der Waals surface area contributed by atoms with Gasteiger partial charge in [-0.25, -0.2) is 9.97 Å². The number of hydrogen-bond donors (Lipinski definition) is 0. The Morgan fingerprint density at radius 2 is 1.96 bits per heavy atom. The summed E-state index contributed by atoms with van der Waals surface area (Å²) in [5, 5.41) is 1.05. The topological polar surface area (TPSA) is 25.8 Å². The van der Waals surface area contributed by atoms with Crippen LogP contribution < -0.4 is 0 Å². The van der Waals surface area contributed by atoms with Gasteiger partial charge in [0.2, 0.25) is 0 Å². The summed E-state index contributed by atoms with van der Waals surface area (Å²) in [6.45, 7) is 7.21. The van der Waals surface area contributed by atoms with E-state index in [1.807, 2.05) is 0 Å². The first-order valence-electron chi connectivity index (χ1n) is 9.46. The molecule has 0 spiro atoms. The summed E-state index contributed by atoms with van der Waals surface area (Å²) in [6, 6.07) is 12.9. The summed E-state index contributed by atoms with van der Waals surface area (Å²) in [5.74, 6) is 2.11. The monoisotopic (exact) mass is 348 g/mol. The SMILES string of the molecule is CCC[C@@H]1c2nc(-c3nc4ccccc4s3)ccc2[C@@H]2C[C@H]1C2(C)C. The first-order valence-corrected chi connectivity index (χ1v) is 10.3. The van der Waals surface area contributed by atoms with Gasteiger partial charge in [0.25, 0.3) is 0 Å². The molecule has 3 aliphatic rings. The van der Waals surface area contributed by atoms with E-state index in [0.29, 0.717) is 17.3 Å². The highest BCUT2D eigenvalue weighted by Crippen LogP contribution is 2.67. The first kappa shape index (κ1) is 15.5. The molecule has 0 saturated heterocycles. The van der Waals surface area contributed by atoms with Crippen LogP contribution in [-0.2, 0) is 0 Å². The smallest absolute Gasteiger partial charge is 0.143 e. The molecule has 0 unspecified atom stereocenters. The molecule has 3 atom stereocenters. The van der Waals surface area contributed by atoms with Crippen LogP contribution in [0.1, 0.15) is 63.1 Å². The van der Waals surface area contributed by atoms with Gasteiger partial charge in [-0.2, -0.15) is 0 Å². The van der Waals surface area contributed by atoms with Crippen LogP contribution in [0.5, 0.6) is 0 Å². The predicted molar refractivity (Wildman–Crippen MR) is 105 cm³/mol. The van der Waals surface area contributed by atoms with Crippen LogP contribution in [-0.4, -0.2) is 9.97 Å². The maximum absolute atomic E-state index is 5.17. The largest absolute Gasteiger partial charge is 0.250 e. The van der Waals surface area contributed by atoms with Crippen LogP contribution in [0.4, 0.5) is 0 Å². The first-order chi connectivity index (χ1) is 12.1. The third-order valence-corrected chi connectivity index (χ3v) is 7.68. The van der Waals surface area contributed by atoms with Crippen molar-refractivity contribution >= 4 is 21.6 Å². The van der Waals surface area contributed by atoms with Gasteiger partial charge in [0, 0.05) is 11.6 Å². The summed E-state index contributed by atoms with van der Waals surface area (Å²) >= 11 is 1.75. The molecule has 2 bridgehead atoms. The number of nitrogens with zero attached hydrogens (tertiary/aromatic N) is 2. The Morgan fingerprint density at radius 1 is 1.12 bits per heavy atom. The number of fused-ring (bicyclic) bond motifs is 1. The van der Waals surface area contributed by atoms with Crippen LogP contribution in [0.3, 0.4) is 0 Å². The molecule has 2 heterocycles. The molecule has 6 rings (SSSR count). The van der Waals surface area contributed by atoms with Crippen molar-refractivity contribution in [1.29, 1.82) is 0 Å². The minimum Gasteiger partial charge on any atom is -0.250 e. The highest BCUT2D eigenvalue weighted by atomic mass is 32.1. The van der Waals surface area contributed by atoms with Crippen molar-refractivity contribution in [1.82, 2.24) is 9.97 Å². The van der Waals surface area contributed by atoms with Crippen molar-refractivity contribution in [3.63, 3.8) is 0 Å². The van der Waals surface area contributed by atoms with Gasteiger partial charge in [0.15, 0.2) is 0 Å². The van der Waals surface area contributed by atoms with Crippen molar-refractivity contribution in [3.8, 4) is 10.7 Å². The van der Waals surface area contributed by atoms with E-state index in [4.69, 9.17) is 9.97 Å². The Balaban J connectivity index is 1.62. The van der Waals surface area contributed by atoms with E-state index in [0.717, 1.165) is 22.1 Å². The summed E-state index contributed by atoms with van der Waals surface area (Å²) in [7, 11) is 0. The Hall–Kier alpha value is -1.74. The van der Waals surface area contributed by atoms with Gasteiger partial charge >= 0.3 is 0 Å². The van der Waals surface area contributed by atoms with E-state index >= 15 is 0 Å². The number of hydrogen-bond acceptors (Lipinski definition) is 3. The maximum atomic E-state index is 5.17. The second kappa shape index (κ2) is 5.38. The predicted octanol–water partition coefficient (Wildman–Crippen LogP) is 6.39. The van der Waals surface area contributed by atoms with Crippen molar-refractivity contribution < 1.29 is 0 Å². The Bertz CT molecular complexity index is 923. The second-order valence-corrected chi connectivity index (χ2v) is 9.30. The molecule has 25 heavy (non-hydrogen) atoms. The van der Waals surface area contributed by atoms with Gasteiger partial charge in [0.1, 0.15) is 5.01 Å². The molecule has 0 amide bonds. The highest BCUT2D eigenvalue weighted by molar-refractivity contribution is 7.21. The van der Waals surface area contributed by atoms with Crippen LogP contribution >= 0.6 is 11.3 Å². The molecular formula is C22H24N2S. The standard InChI is InChI=1S/C22H24N2S/c1-4-7-13-15-12-16(22(15,2)3)14-10-11-18(23-20(13)14)21-24-17-8-5-6-9-19(17)25-21/h5-6,8-11,13,15-16H,4,7,12H2,1-3H3/t13-,15+,16-/m0/s1. The van der Waals surface area contributed by atoms with Gasteiger partial charge < -0.3 is 0 Å². The normalized spacial score (nSPS) is 26.3. The molecule has 1 aromatic carbocycles. The van der Waals surface area contributed by atoms with Gasteiger partial charge in [0.05, 0.1) is 15.9 Å². The number of pyridine rings is 1. The number of rotatable bonds is 3. The van der Waals surface area contributed by atoms with Gasteiger partial charge in [-0.3, -0.25) is 0 Å². The van der Waals surface area contributed by atoms with Crippen LogP contribution in [0.25, 0.3) is 20.9 Å². The molecule has 1 saturated carbocycles. The number of para-hydroxylation sites is 1. The summed E-state index contributed by atoms with van der Waals surface area (Å²) < 4.78 is 1.24. The van der Waals surface area contributed by atoms with Crippen molar-refractivity contribution in [3.05, 3.63) is 47.7 Å². The van der Waals surface area contributed by atoms with Crippen LogP contribution in [0.2, 0.25) is 0 Å². The third-order valence-electron chi connectivity index (χ3n) is 6.63. The lowest BCUT2D eigenvalue weighted by Crippen LogP contribution is -2.50. The minimum absolute atomic E-state index is 0.436. The molecule has 3 aliphatic carbocycles. The van der Waals surface area contributed by atoms with Gasteiger partial charge in [-0.05, 0) is 53.9 Å². The number of benzene rings is 1. The van der Waals surface area contributed by atoms with E-state index in [1.165, 1.54) is 35.2 Å². The molecule has 3 aromatic rings. The van der Waals surface area contributed by atoms with Crippen molar-refractivity contribution in [2.45, 2.75) is 51.9 Å². The molecule has 2 nitrogen and oxygen atoms in total. The van der Waals surface area contributed by atoms with E-state index in [2.05, 4.69) is 57.2 Å². The molecule has 3 heteroatoms. The fraction of sp³-hybridized carbons (Fsp3) is 0.455. The van der Waals surface area contributed by atoms with Crippen molar-refractivity contribution in [2.75, 3.05) is 0 Å². The molecular weight excluding hydrogens is 324 g/mol. The summed E-state index contributed by atoms with van der Waals surface area (Å²) in [5.41, 5.74) is 5.46. The highest BCUT2D eigenvalue weighted by Gasteiger charge is 2.56. The summed E-state index contributed by atoms with van der Waals surface area (Å²) in [4.78, 5) is 9.99. The average molecular weight is 349 g/mol. The van der Waals surface area contributed by atoms with Crippen molar-refractivity contribution in [2.24, 2.45) is 11.3 Å². The molecule has 1 fully saturated rings. The minimum atomic E-state index is 0.436. The van der Waals surface area contributed by atoms with Crippen LogP contribution in [0.15, 0.2) is 36.4 Å². The lowest BCUT2D eigenvalue weighted by atomic mass is 9.44. The van der Waals surface area contributed by atoms with Gasteiger partial charge in [-0.1, -0.05) is 45.4 Å². The summed E-state index contributed by atoms with van der Waals surface area (Å²) in [6.07, 6.45) is 3.84. The fourth-order valence-electron chi connectivity index (χ4n) is 5.19. The Labute approximate surface area is 153 Å². The second-order valence-electron chi connectivity index (χ2n) is 8.27. The lowest BCUT2D eigenvalue weighted by molar-refractivity contribution is -0.00988. The lowest BCUT2D eigenvalue weighted by Gasteiger charge is -2.60. The zero-order chi connectivity index (χ0) is 17.2. The van der Waals surface area contributed by atoms with E-state index < -0.39 is 0 Å². The quantitative estimate of drug-likeness (QED) is 0.548. The third kappa shape index (κ3) is 2.15. The molecule has 0 N–H and O–H groups in total. The molecule has 2 aromatic heterocycles. The van der Waals surface area contributed by atoms with E-state index in [9.17, 15) is 0 Å². The van der Waals surface area contributed by atoms with E-state index in [-0.39, 0.29) is 0 Å². The fourth-order valence-corrected chi connectivity index (χ4v) is 6.12. The number of aromatic nitrogens is 2. The maximum Gasteiger partial charge on any atom is 0.143 e. The number of thiazole rings is 1. The van der Waals surface area contributed by atoms with Crippen LogP contribution in [0, 0.1) is 11.3 Å². The average Bonchev–Trinajstić information content (AvgIpc) is 3.05. The Kier molecular flexibility index (Phi) is 3.34. The van der Waals surface area contributed by atoms with E-state index in [1.54, 1.807) is 11.3 Å². The zero-order valence-electron chi connectivity index (χ0n) is 15.1. The molecule has 0 aliphatic heterocycles. The van der Waals surface area contributed by atoms with Gasteiger partial charge in [-0.15, -0.1) is 11.3 Å². The molecule has 0 radical (unpaired) electrons. The zero-order valence-corrected chi connectivity index (χ0v) is 15.9. The molecule has 128 valence electrons. The Morgan fingerprint density at radius 3 is 2.72 bits per heavy atom.